The first-order valence-electron chi connectivity index (χ1n) is 14.7. The van der Waals surface area contributed by atoms with Gasteiger partial charge < -0.3 is 9.47 Å². The van der Waals surface area contributed by atoms with Crippen molar-refractivity contribution in [1.29, 1.82) is 0 Å². The van der Waals surface area contributed by atoms with Gasteiger partial charge in [-0.15, -0.1) is 0 Å². The van der Waals surface area contributed by atoms with E-state index in [1.807, 2.05) is 0 Å². The summed E-state index contributed by atoms with van der Waals surface area (Å²) in [7, 11) is 2.11. The van der Waals surface area contributed by atoms with Crippen LogP contribution in [0.2, 0.25) is 0 Å². The van der Waals surface area contributed by atoms with Crippen molar-refractivity contribution < 1.29 is 0 Å². The Labute approximate surface area is 251 Å². The van der Waals surface area contributed by atoms with Crippen LogP contribution in [0.15, 0.2) is 164 Å². The van der Waals surface area contributed by atoms with E-state index in [1.165, 1.54) is 60.5 Å². The normalized spacial score (nSPS) is 11.4. The molecule has 8 rings (SSSR count). The smallest absolute Gasteiger partial charge is 0.0547 e. The summed E-state index contributed by atoms with van der Waals surface area (Å²) in [5, 5.41) is 5.04. The highest BCUT2D eigenvalue weighted by Gasteiger charge is 2.15. The number of anilines is 2. The van der Waals surface area contributed by atoms with Crippen molar-refractivity contribution in [3.8, 4) is 27.9 Å². The van der Waals surface area contributed by atoms with E-state index in [0.717, 1.165) is 11.4 Å². The lowest BCUT2D eigenvalue weighted by Gasteiger charge is -2.19. The molecule has 0 radical (unpaired) electrons. The fourth-order valence-corrected chi connectivity index (χ4v) is 6.27. The molecular formula is C41H30N2. The number of hydrogen-bond donors (Lipinski definition) is 0. The summed E-state index contributed by atoms with van der Waals surface area (Å²) in [6.45, 7) is 0. The SMILES string of the molecule is CN(c1ccccc1)c1ccc(-c2ccc3c4cc5ccccc5cc4n(-c4ccc(-c5ccccc5)cc4)c3c2)cc1. The number of nitrogens with zero attached hydrogens (tertiary/aromatic N) is 2. The van der Waals surface area contributed by atoms with E-state index in [9.17, 15) is 0 Å². The quantitative estimate of drug-likeness (QED) is 0.207. The van der Waals surface area contributed by atoms with Gasteiger partial charge in [0.25, 0.3) is 0 Å². The molecule has 2 nitrogen and oxygen atoms in total. The molecule has 0 saturated heterocycles. The highest BCUT2D eigenvalue weighted by molar-refractivity contribution is 6.14. The minimum absolute atomic E-state index is 1.16. The van der Waals surface area contributed by atoms with E-state index in [1.54, 1.807) is 0 Å². The van der Waals surface area contributed by atoms with Crippen molar-refractivity contribution in [2.75, 3.05) is 11.9 Å². The fourth-order valence-electron chi connectivity index (χ4n) is 6.27. The van der Waals surface area contributed by atoms with Gasteiger partial charge in [-0.1, -0.05) is 109 Å². The van der Waals surface area contributed by atoms with Crippen LogP contribution in [0.25, 0.3) is 60.5 Å². The fraction of sp³-hybridized carbons (Fsp3) is 0.0244. The van der Waals surface area contributed by atoms with Crippen LogP contribution in [0, 0.1) is 0 Å². The number of hydrogen-bond acceptors (Lipinski definition) is 1. The molecule has 0 spiro atoms. The molecule has 0 aliphatic rings. The summed E-state index contributed by atoms with van der Waals surface area (Å²) in [5.41, 5.74) is 10.8. The molecule has 0 aliphatic carbocycles. The standard InChI is InChI=1S/C41H30N2/c1-42(35-14-6-3-7-15-35)36-21-16-31(17-22-36)34-20-25-38-39-26-32-12-8-9-13-33(32)27-41(39)43(40(38)28-34)37-23-18-30(19-24-37)29-10-4-2-5-11-29/h2-28H,1H3. The summed E-state index contributed by atoms with van der Waals surface area (Å²) >= 11 is 0. The molecule has 43 heavy (non-hydrogen) atoms. The van der Waals surface area contributed by atoms with Gasteiger partial charge in [-0.25, -0.2) is 0 Å². The lowest BCUT2D eigenvalue weighted by atomic mass is 10.0. The second-order valence-electron chi connectivity index (χ2n) is 11.1. The maximum absolute atomic E-state index is 2.42. The Balaban J connectivity index is 1.27. The monoisotopic (exact) mass is 550 g/mol. The summed E-state index contributed by atoms with van der Waals surface area (Å²) in [6, 6.07) is 59.1. The number of rotatable bonds is 5. The van der Waals surface area contributed by atoms with Crippen molar-refractivity contribution in [3.63, 3.8) is 0 Å². The molecular weight excluding hydrogens is 520 g/mol. The van der Waals surface area contributed by atoms with Crippen molar-refractivity contribution in [1.82, 2.24) is 4.57 Å². The van der Waals surface area contributed by atoms with Gasteiger partial charge in [-0.2, -0.15) is 0 Å². The molecule has 7 aromatic carbocycles. The zero-order chi connectivity index (χ0) is 28.8. The second-order valence-corrected chi connectivity index (χ2v) is 11.1. The van der Waals surface area contributed by atoms with E-state index >= 15 is 0 Å². The van der Waals surface area contributed by atoms with E-state index in [-0.39, 0.29) is 0 Å². The van der Waals surface area contributed by atoms with Crippen LogP contribution in [-0.2, 0) is 0 Å². The van der Waals surface area contributed by atoms with E-state index < -0.39 is 0 Å². The first-order chi connectivity index (χ1) is 21.2. The zero-order valence-corrected chi connectivity index (χ0v) is 24.0. The molecule has 0 saturated carbocycles. The van der Waals surface area contributed by atoms with Crippen LogP contribution in [-0.4, -0.2) is 11.6 Å². The van der Waals surface area contributed by atoms with Crippen LogP contribution in [0.5, 0.6) is 0 Å². The Kier molecular flexibility index (Phi) is 6.05. The van der Waals surface area contributed by atoms with Crippen LogP contribution in [0.4, 0.5) is 11.4 Å². The summed E-state index contributed by atoms with van der Waals surface area (Å²) in [4.78, 5) is 2.22. The zero-order valence-electron chi connectivity index (χ0n) is 24.0. The van der Waals surface area contributed by atoms with E-state index in [2.05, 4.69) is 180 Å². The Morgan fingerprint density at radius 2 is 0.907 bits per heavy atom. The van der Waals surface area contributed by atoms with Gasteiger partial charge in [0.2, 0.25) is 0 Å². The molecule has 204 valence electrons. The highest BCUT2D eigenvalue weighted by Crippen LogP contribution is 2.38. The van der Waals surface area contributed by atoms with Crippen molar-refractivity contribution in [2.24, 2.45) is 0 Å². The molecule has 0 amide bonds. The molecule has 1 heterocycles. The first-order valence-corrected chi connectivity index (χ1v) is 14.7. The molecule has 1 aromatic heterocycles. The summed E-state index contributed by atoms with van der Waals surface area (Å²) in [6.07, 6.45) is 0. The van der Waals surface area contributed by atoms with E-state index in [0.29, 0.717) is 0 Å². The van der Waals surface area contributed by atoms with Gasteiger partial charge in [-0.05, 0) is 87.6 Å². The van der Waals surface area contributed by atoms with E-state index in [4.69, 9.17) is 0 Å². The molecule has 0 unspecified atom stereocenters. The highest BCUT2D eigenvalue weighted by atomic mass is 15.1. The summed E-state index contributed by atoms with van der Waals surface area (Å²) < 4.78 is 2.42. The number of fused-ring (bicyclic) bond motifs is 4. The third-order valence-electron chi connectivity index (χ3n) is 8.60. The molecule has 0 fully saturated rings. The molecule has 0 bridgehead atoms. The van der Waals surface area contributed by atoms with Crippen molar-refractivity contribution in [3.05, 3.63) is 164 Å². The minimum atomic E-state index is 1.16. The predicted octanol–water partition coefficient (Wildman–Crippen LogP) is 11.0. The molecule has 0 N–H and O–H groups in total. The Bertz CT molecular complexity index is 2210. The third-order valence-corrected chi connectivity index (χ3v) is 8.60. The minimum Gasteiger partial charge on any atom is -0.345 e. The van der Waals surface area contributed by atoms with Gasteiger partial charge in [0.05, 0.1) is 11.0 Å². The maximum Gasteiger partial charge on any atom is 0.0547 e. The Hall–Kier alpha value is -5.60. The Morgan fingerprint density at radius 3 is 1.63 bits per heavy atom. The average molecular weight is 551 g/mol. The van der Waals surface area contributed by atoms with Gasteiger partial charge in [0.1, 0.15) is 0 Å². The van der Waals surface area contributed by atoms with Crippen LogP contribution in [0.3, 0.4) is 0 Å². The molecule has 2 heteroatoms. The topological polar surface area (TPSA) is 8.17 Å². The van der Waals surface area contributed by atoms with Gasteiger partial charge in [-0.3, -0.25) is 0 Å². The molecule has 0 aliphatic heterocycles. The van der Waals surface area contributed by atoms with Crippen molar-refractivity contribution in [2.45, 2.75) is 0 Å². The average Bonchev–Trinajstić information content (AvgIpc) is 3.40. The van der Waals surface area contributed by atoms with Gasteiger partial charge in [0, 0.05) is 34.9 Å². The number of aromatic nitrogens is 1. The van der Waals surface area contributed by atoms with Gasteiger partial charge in [0.15, 0.2) is 0 Å². The molecule has 0 atom stereocenters. The van der Waals surface area contributed by atoms with Crippen molar-refractivity contribution >= 4 is 44.0 Å². The van der Waals surface area contributed by atoms with Crippen LogP contribution < -0.4 is 4.90 Å². The number of para-hydroxylation sites is 1. The Morgan fingerprint density at radius 1 is 0.395 bits per heavy atom. The lowest BCUT2D eigenvalue weighted by Crippen LogP contribution is -2.08. The predicted molar refractivity (Wildman–Crippen MR) is 184 cm³/mol. The second kappa shape index (κ2) is 10.3. The maximum atomic E-state index is 2.42. The summed E-state index contributed by atoms with van der Waals surface area (Å²) in [5.74, 6) is 0. The molecule has 8 aromatic rings. The first kappa shape index (κ1) is 25.1. The number of benzene rings is 7. The largest absolute Gasteiger partial charge is 0.345 e. The van der Waals surface area contributed by atoms with Gasteiger partial charge >= 0.3 is 0 Å². The third kappa shape index (κ3) is 4.45. The van der Waals surface area contributed by atoms with Crippen LogP contribution in [0.1, 0.15) is 0 Å². The van der Waals surface area contributed by atoms with Crippen LogP contribution >= 0.6 is 0 Å². The lowest BCUT2D eigenvalue weighted by molar-refractivity contribution is 1.18.